The van der Waals surface area contributed by atoms with Crippen molar-refractivity contribution in [3.8, 4) is 5.75 Å². The predicted octanol–water partition coefficient (Wildman–Crippen LogP) is 3.24. The molecule has 2 N–H and O–H groups in total. The molecular formula is C18H25NO3. The summed E-state index contributed by atoms with van der Waals surface area (Å²) in [4.78, 5) is 0. The highest BCUT2D eigenvalue weighted by molar-refractivity contribution is 5.27. The molecule has 0 spiro atoms. The summed E-state index contributed by atoms with van der Waals surface area (Å²) in [6.07, 6.45) is 1.40. The van der Waals surface area contributed by atoms with Gasteiger partial charge in [0, 0.05) is 12.6 Å². The molecule has 0 aliphatic carbocycles. The Bertz CT molecular complexity index is 562. The molecule has 2 aromatic rings. The zero-order chi connectivity index (χ0) is 15.9. The van der Waals surface area contributed by atoms with Gasteiger partial charge >= 0.3 is 0 Å². The Hall–Kier alpha value is -1.78. The largest absolute Gasteiger partial charge is 0.497 e. The number of aliphatic hydroxyl groups is 1. The van der Waals surface area contributed by atoms with Gasteiger partial charge in [0.25, 0.3) is 0 Å². The molecule has 0 saturated heterocycles. The molecule has 120 valence electrons. The van der Waals surface area contributed by atoms with Gasteiger partial charge in [0.1, 0.15) is 23.4 Å². The zero-order valence-electron chi connectivity index (χ0n) is 13.5. The van der Waals surface area contributed by atoms with E-state index in [-0.39, 0.29) is 0 Å². The normalized spacial score (nSPS) is 13.8. The zero-order valence-corrected chi connectivity index (χ0v) is 13.5. The monoisotopic (exact) mass is 303 g/mol. The number of methoxy groups -OCH3 is 1. The van der Waals surface area contributed by atoms with Crippen LogP contribution < -0.4 is 10.1 Å². The van der Waals surface area contributed by atoms with E-state index in [9.17, 15) is 5.11 Å². The van der Waals surface area contributed by atoms with E-state index in [1.165, 1.54) is 5.56 Å². The molecule has 0 aliphatic rings. The first-order chi connectivity index (χ1) is 10.6. The number of aliphatic hydroxyl groups excluding tert-OH is 1. The van der Waals surface area contributed by atoms with Crippen molar-refractivity contribution in [3.63, 3.8) is 0 Å². The molecule has 4 nitrogen and oxygen atoms in total. The minimum absolute atomic E-state index is 0.327. The van der Waals surface area contributed by atoms with Crippen LogP contribution in [-0.4, -0.2) is 24.8 Å². The van der Waals surface area contributed by atoms with Crippen molar-refractivity contribution in [1.29, 1.82) is 0 Å². The van der Waals surface area contributed by atoms with Gasteiger partial charge in [0.15, 0.2) is 0 Å². The number of rotatable bonds is 8. The molecule has 2 atom stereocenters. The third-order valence-corrected chi connectivity index (χ3v) is 3.77. The Morgan fingerprint density at radius 1 is 1.18 bits per heavy atom. The first kappa shape index (κ1) is 16.6. The summed E-state index contributed by atoms with van der Waals surface area (Å²) in [6.45, 7) is 4.50. The second kappa shape index (κ2) is 8.01. The van der Waals surface area contributed by atoms with E-state index in [1.54, 1.807) is 7.11 Å². The summed E-state index contributed by atoms with van der Waals surface area (Å²) >= 11 is 0. The lowest BCUT2D eigenvalue weighted by Gasteiger charge is -2.16. The number of ether oxygens (including phenoxy) is 1. The third-order valence-electron chi connectivity index (χ3n) is 3.77. The molecule has 0 radical (unpaired) electrons. The molecule has 2 rings (SSSR count). The van der Waals surface area contributed by atoms with Crippen molar-refractivity contribution < 1.29 is 14.3 Å². The van der Waals surface area contributed by atoms with E-state index in [1.807, 2.05) is 31.2 Å². The average molecular weight is 303 g/mol. The van der Waals surface area contributed by atoms with E-state index < -0.39 is 6.10 Å². The molecule has 22 heavy (non-hydrogen) atoms. The summed E-state index contributed by atoms with van der Waals surface area (Å²) in [6, 6.07) is 12.2. The third kappa shape index (κ3) is 4.90. The first-order valence-electron chi connectivity index (χ1n) is 7.69. The maximum absolute atomic E-state index is 10.1. The van der Waals surface area contributed by atoms with Crippen LogP contribution in [0.1, 0.15) is 36.5 Å². The smallest absolute Gasteiger partial charge is 0.133 e. The molecule has 2 unspecified atom stereocenters. The summed E-state index contributed by atoms with van der Waals surface area (Å²) < 4.78 is 10.6. The minimum atomic E-state index is -0.600. The number of nitrogens with one attached hydrogen (secondary N) is 1. The van der Waals surface area contributed by atoms with E-state index in [2.05, 4.69) is 24.4 Å². The van der Waals surface area contributed by atoms with Gasteiger partial charge in [-0.3, -0.25) is 0 Å². The number of furan rings is 1. The molecule has 1 aromatic carbocycles. The summed E-state index contributed by atoms with van der Waals surface area (Å²) in [5, 5.41) is 13.4. The lowest BCUT2D eigenvalue weighted by atomic mass is 10.1. The topological polar surface area (TPSA) is 54.6 Å². The van der Waals surface area contributed by atoms with Crippen LogP contribution in [-0.2, 0) is 6.42 Å². The fraction of sp³-hybridized carbons (Fsp3) is 0.444. The molecule has 1 aromatic heterocycles. The summed E-state index contributed by atoms with van der Waals surface area (Å²) in [5.41, 5.74) is 1.29. The van der Waals surface area contributed by atoms with Gasteiger partial charge in [-0.05, 0) is 56.5 Å². The molecule has 4 heteroatoms. The Balaban J connectivity index is 1.72. The van der Waals surface area contributed by atoms with Crippen LogP contribution in [0, 0.1) is 6.92 Å². The van der Waals surface area contributed by atoms with Crippen molar-refractivity contribution in [2.24, 2.45) is 0 Å². The Kier molecular flexibility index (Phi) is 6.04. The summed E-state index contributed by atoms with van der Waals surface area (Å²) in [7, 11) is 1.67. The number of benzene rings is 1. The Morgan fingerprint density at radius 3 is 2.50 bits per heavy atom. The van der Waals surface area contributed by atoms with Crippen LogP contribution in [0.4, 0.5) is 0 Å². The molecule has 0 aliphatic heterocycles. The number of hydrogen-bond acceptors (Lipinski definition) is 4. The van der Waals surface area contributed by atoms with Gasteiger partial charge in [-0.25, -0.2) is 0 Å². The molecule has 0 fully saturated rings. The van der Waals surface area contributed by atoms with Gasteiger partial charge in [-0.15, -0.1) is 0 Å². The van der Waals surface area contributed by atoms with Crippen LogP contribution in [0.3, 0.4) is 0 Å². The molecular weight excluding hydrogens is 278 g/mol. The highest BCUT2D eigenvalue weighted by Crippen LogP contribution is 2.16. The van der Waals surface area contributed by atoms with Crippen LogP contribution in [0.15, 0.2) is 40.8 Å². The van der Waals surface area contributed by atoms with Crippen LogP contribution in [0.25, 0.3) is 0 Å². The maximum atomic E-state index is 10.1. The van der Waals surface area contributed by atoms with E-state index in [0.717, 1.165) is 24.4 Å². The predicted molar refractivity (Wildman–Crippen MR) is 87.2 cm³/mol. The van der Waals surface area contributed by atoms with Crippen LogP contribution in [0.2, 0.25) is 0 Å². The van der Waals surface area contributed by atoms with Crippen molar-refractivity contribution >= 4 is 0 Å². The van der Waals surface area contributed by atoms with E-state index in [4.69, 9.17) is 9.15 Å². The Labute approximate surface area is 132 Å². The molecule has 0 amide bonds. The average Bonchev–Trinajstić information content (AvgIpc) is 2.97. The van der Waals surface area contributed by atoms with Gasteiger partial charge in [0.2, 0.25) is 0 Å². The lowest BCUT2D eigenvalue weighted by Crippen LogP contribution is -2.30. The second-order valence-electron chi connectivity index (χ2n) is 5.66. The van der Waals surface area contributed by atoms with E-state index in [0.29, 0.717) is 18.3 Å². The molecule has 0 bridgehead atoms. The first-order valence-corrected chi connectivity index (χ1v) is 7.69. The van der Waals surface area contributed by atoms with Gasteiger partial charge in [-0.2, -0.15) is 0 Å². The van der Waals surface area contributed by atoms with Gasteiger partial charge in [-0.1, -0.05) is 12.1 Å². The van der Waals surface area contributed by atoms with Gasteiger partial charge in [0.05, 0.1) is 7.11 Å². The Morgan fingerprint density at radius 2 is 1.91 bits per heavy atom. The fourth-order valence-corrected chi connectivity index (χ4v) is 2.32. The fourth-order valence-electron chi connectivity index (χ4n) is 2.32. The van der Waals surface area contributed by atoms with Crippen LogP contribution in [0.5, 0.6) is 5.75 Å². The SMILES string of the molecule is COc1ccc(CCC(C)NCC(O)c2ccc(C)o2)cc1. The summed E-state index contributed by atoms with van der Waals surface area (Å²) in [5.74, 6) is 2.32. The van der Waals surface area contributed by atoms with Crippen LogP contribution >= 0.6 is 0 Å². The van der Waals surface area contributed by atoms with E-state index >= 15 is 0 Å². The number of hydrogen-bond donors (Lipinski definition) is 2. The quantitative estimate of drug-likeness (QED) is 0.786. The van der Waals surface area contributed by atoms with Crippen molar-refractivity contribution in [2.75, 3.05) is 13.7 Å². The second-order valence-corrected chi connectivity index (χ2v) is 5.66. The molecule has 1 heterocycles. The van der Waals surface area contributed by atoms with Crippen molar-refractivity contribution in [3.05, 3.63) is 53.5 Å². The highest BCUT2D eigenvalue weighted by atomic mass is 16.5. The minimum Gasteiger partial charge on any atom is -0.497 e. The molecule has 0 saturated carbocycles. The van der Waals surface area contributed by atoms with Gasteiger partial charge < -0.3 is 19.6 Å². The maximum Gasteiger partial charge on any atom is 0.133 e. The van der Waals surface area contributed by atoms with Crippen molar-refractivity contribution in [1.82, 2.24) is 5.32 Å². The lowest BCUT2D eigenvalue weighted by molar-refractivity contribution is 0.142. The standard InChI is InChI=1S/C18H25NO3/c1-13(4-6-15-7-9-16(21-3)10-8-15)19-12-17(20)18-11-5-14(2)22-18/h5,7-11,13,17,19-20H,4,6,12H2,1-3H3. The van der Waals surface area contributed by atoms with Crippen molar-refractivity contribution in [2.45, 2.75) is 38.8 Å². The number of aryl methyl sites for hydroxylation is 2. The highest BCUT2D eigenvalue weighted by Gasteiger charge is 2.12.